The third-order valence-electron chi connectivity index (χ3n) is 3.82. The van der Waals surface area contributed by atoms with Gasteiger partial charge in [-0.05, 0) is 98.9 Å². The zero-order valence-corrected chi connectivity index (χ0v) is 18.3. The molecule has 168 valence electrons. The highest BCUT2D eigenvalue weighted by molar-refractivity contribution is 5.45. The molecule has 3 fully saturated rings. The van der Waals surface area contributed by atoms with Gasteiger partial charge >= 0.3 is 0 Å². The van der Waals surface area contributed by atoms with Crippen LogP contribution in [-0.4, -0.2) is 97.1 Å². The molecule has 3 rings (SSSR count). The predicted octanol–water partition coefficient (Wildman–Crippen LogP) is 0.585. The second-order valence-corrected chi connectivity index (χ2v) is 6.18. The highest BCUT2D eigenvalue weighted by atomic mass is 16.1. The number of amides is 2. The first-order valence-corrected chi connectivity index (χ1v) is 9.85. The SMILES string of the molecule is C1CCNC1.CN.CN1CCCC1.CN1CCCC1.[3H]C(=O)NC.[3H]C(=O)NC.[3H][3H].[3H][3H]. The van der Waals surface area contributed by atoms with Crippen LogP contribution in [0.15, 0.2) is 0 Å². The molecule has 0 aromatic carbocycles. The van der Waals surface area contributed by atoms with Crippen molar-refractivity contribution in [1.82, 2.24) is 25.8 Å². The number of nitrogens with zero attached hydrogens (tertiary/aromatic N) is 2. The molecule has 0 atom stereocenters. The molecule has 8 nitrogen and oxygen atoms in total. The van der Waals surface area contributed by atoms with Crippen LogP contribution in [0.1, 0.15) is 47.2 Å². The second-order valence-electron chi connectivity index (χ2n) is 6.18. The first-order valence-electron chi connectivity index (χ1n) is 12.9. The summed E-state index contributed by atoms with van der Waals surface area (Å²) in [5, 5.41) is 7.33. The summed E-state index contributed by atoms with van der Waals surface area (Å²) in [6.45, 7) is 7.78. The van der Waals surface area contributed by atoms with E-state index < -0.39 is 12.8 Å². The van der Waals surface area contributed by atoms with E-state index in [9.17, 15) is 9.59 Å². The maximum atomic E-state index is 9.37. The summed E-state index contributed by atoms with van der Waals surface area (Å²) in [5.74, 6) is 0. The van der Waals surface area contributed by atoms with Crippen LogP contribution < -0.4 is 21.7 Å². The number of nitrogens with two attached hydrogens (primary N) is 1. The highest BCUT2D eigenvalue weighted by Gasteiger charge is 2.03. The van der Waals surface area contributed by atoms with Gasteiger partial charge in [-0.25, -0.2) is 0 Å². The monoisotopic (exact) mass is 406 g/mol. The van der Waals surface area contributed by atoms with Crippen molar-refractivity contribution in [2.75, 3.05) is 74.5 Å². The minimum atomic E-state index is -0.745. The van der Waals surface area contributed by atoms with Crippen molar-refractivity contribution in [3.63, 3.8) is 0 Å². The van der Waals surface area contributed by atoms with E-state index in [-0.39, 0.29) is 0 Å². The molecule has 3 saturated heterocycles. The van der Waals surface area contributed by atoms with Gasteiger partial charge in [0.2, 0.25) is 12.8 Å². The number of hydrogen-bond acceptors (Lipinski definition) is 6. The van der Waals surface area contributed by atoms with E-state index in [0.29, 0.717) is 0 Å². The highest BCUT2D eigenvalue weighted by Crippen LogP contribution is 2.02. The molecule has 0 saturated carbocycles. The Morgan fingerprint density at radius 3 is 1.19 bits per heavy atom. The van der Waals surface area contributed by atoms with Crippen molar-refractivity contribution in [1.29, 1.82) is 0 Å². The Morgan fingerprint density at radius 2 is 1.11 bits per heavy atom. The summed E-state index contributed by atoms with van der Waals surface area (Å²) in [6.07, 6.45) is 6.94. The molecule has 0 aromatic heterocycles. The second kappa shape index (κ2) is 29.5. The normalized spacial score (nSPS) is 19.2. The molecule has 8 heteroatoms. The fraction of sp³-hybridized carbons (Fsp3) is 0.895. The minimum absolute atomic E-state index is 0.745. The van der Waals surface area contributed by atoms with E-state index in [1.807, 2.05) is 0 Å². The van der Waals surface area contributed by atoms with Gasteiger partial charge in [-0.15, -0.1) is 0 Å². The Bertz CT molecular complexity index is 326. The van der Waals surface area contributed by atoms with Crippen LogP contribution in [0.2, 0.25) is 0 Å². The first kappa shape index (κ1) is 22.1. The third kappa shape index (κ3) is 32.9. The van der Waals surface area contributed by atoms with Crippen LogP contribution in [0.5, 0.6) is 0 Å². The molecular formula is C19H50N6O2. The Kier molecular flexibility index (Phi) is 24.1. The third-order valence-corrected chi connectivity index (χ3v) is 3.82. The van der Waals surface area contributed by atoms with Crippen molar-refractivity contribution < 1.29 is 18.3 Å². The van der Waals surface area contributed by atoms with Crippen molar-refractivity contribution in [2.24, 2.45) is 5.73 Å². The number of hydrogen-bond donors (Lipinski definition) is 4. The zero-order valence-electron chi connectivity index (χ0n) is 24.3. The van der Waals surface area contributed by atoms with E-state index in [0.717, 1.165) is 0 Å². The Morgan fingerprint density at radius 1 is 0.852 bits per heavy atom. The largest absolute Gasteiger partial charge is 0.362 e. The van der Waals surface area contributed by atoms with Crippen LogP contribution in [0.4, 0.5) is 0 Å². The van der Waals surface area contributed by atoms with Crippen molar-refractivity contribution in [3.8, 4) is 0 Å². The van der Waals surface area contributed by atoms with Crippen LogP contribution >= 0.6 is 0 Å². The quantitative estimate of drug-likeness (QED) is 0.439. The topological polar surface area (TPSA) is 103 Å². The molecule has 0 radical (unpaired) electrons. The summed E-state index contributed by atoms with van der Waals surface area (Å²) in [7, 11) is 8.67. The van der Waals surface area contributed by atoms with Crippen LogP contribution in [0, 0.1) is 0 Å². The molecule has 3 aliphatic rings. The minimum Gasteiger partial charge on any atom is -0.362 e. The molecule has 0 aliphatic carbocycles. The van der Waals surface area contributed by atoms with E-state index in [4.69, 9.17) is 8.68 Å². The summed E-state index contributed by atoms with van der Waals surface area (Å²) in [5.41, 5.74) is 4.50. The van der Waals surface area contributed by atoms with Crippen LogP contribution in [-0.2, 0) is 9.59 Å². The molecule has 3 heterocycles. The first-order chi connectivity index (χ1) is 15.8. The summed E-state index contributed by atoms with van der Waals surface area (Å²) >= 11 is 0. The van der Waals surface area contributed by atoms with Gasteiger partial charge < -0.3 is 31.5 Å². The molecule has 0 bridgehead atoms. The fourth-order valence-corrected chi connectivity index (χ4v) is 2.38. The lowest BCUT2D eigenvalue weighted by molar-refractivity contribution is -0.109. The fourth-order valence-electron chi connectivity index (χ4n) is 2.38. The average Bonchev–Trinajstić information content (AvgIpc) is 3.65. The molecular weight excluding hydrogens is 344 g/mol. The van der Waals surface area contributed by atoms with Gasteiger partial charge in [0.05, 0.1) is 0 Å². The lowest BCUT2D eigenvalue weighted by Gasteiger charge is -2.01. The predicted molar refractivity (Wildman–Crippen MR) is 120 cm³/mol. The van der Waals surface area contributed by atoms with E-state index in [1.54, 1.807) is 0 Å². The van der Waals surface area contributed by atoms with Gasteiger partial charge in [0, 0.05) is 20.0 Å². The van der Waals surface area contributed by atoms with Gasteiger partial charge in [-0.2, -0.15) is 0 Å². The smallest absolute Gasteiger partial charge is 0.206 e. The Balaban J connectivity index is -0.0000000938. The Hall–Kier alpha value is -1.22. The summed E-state index contributed by atoms with van der Waals surface area (Å²) in [6, 6.07) is 0. The maximum absolute atomic E-state index is 9.37. The summed E-state index contributed by atoms with van der Waals surface area (Å²) in [4.78, 5) is 23.5. The van der Waals surface area contributed by atoms with Gasteiger partial charge in [0.15, 0.2) is 0 Å². The lowest BCUT2D eigenvalue weighted by atomic mass is 10.4. The van der Waals surface area contributed by atoms with Gasteiger partial charge in [0.1, 0.15) is 2.74 Å². The molecule has 5 N–H and O–H groups in total. The number of likely N-dealkylation sites (tertiary alicyclic amines) is 2. The number of carbonyl (C=O) groups excluding carboxylic acids is 2. The van der Waals surface area contributed by atoms with Gasteiger partial charge in [0.25, 0.3) is 0 Å². The standard InChI is InChI=1S/2C5H11N.C4H9N.2C2H5NO.CH5N.2H2/c2*1-6-4-2-3-5-6;1-2-4-5-3-1;2*1-3-2-4;1-2;;/h2*2-5H2,1H3;5H,1-4H2;2*2H,1H3,(H,3,4);2H2,1H3;2*1H/i;;;2*2T;;2*1+2T. The van der Waals surface area contributed by atoms with Gasteiger partial charge in [-0.3, -0.25) is 9.59 Å². The Labute approximate surface area is 176 Å². The number of nitrogens with one attached hydrogen (secondary N) is 3. The molecule has 0 aromatic rings. The van der Waals surface area contributed by atoms with Crippen molar-refractivity contribution >= 4 is 12.8 Å². The van der Waals surface area contributed by atoms with Crippen molar-refractivity contribution in [3.05, 3.63) is 0 Å². The molecule has 2 amide bonds. The molecule has 3 aliphatic heterocycles. The van der Waals surface area contributed by atoms with Crippen molar-refractivity contribution in [2.45, 2.75) is 38.5 Å². The van der Waals surface area contributed by atoms with Crippen LogP contribution in [0.3, 0.4) is 0 Å². The maximum Gasteiger partial charge on any atom is 0.206 e. The molecule has 0 unspecified atom stereocenters. The average molecular weight is 407 g/mol. The zero-order chi connectivity index (χ0) is 26.9. The van der Waals surface area contributed by atoms with Gasteiger partial charge in [-0.1, -0.05) is 0 Å². The molecule has 27 heavy (non-hydrogen) atoms. The van der Waals surface area contributed by atoms with E-state index in [2.05, 4.69) is 45.6 Å². The number of rotatable bonds is 0. The lowest BCUT2D eigenvalue weighted by Crippen LogP contribution is -2.10. The van der Waals surface area contributed by atoms with E-state index in [1.165, 1.54) is 98.9 Å². The van der Waals surface area contributed by atoms with Crippen LogP contribution in [0.25, 0.3) is 0 Å². The number of carbonyl (C=O) groups is 2. The molecule has 0 spiro atoms. The van der Waals surface area contributed by atoms with E-state index >= 15 is 0 Å². The summed E-state index contributed by atoms with van der Waals surface area (Å²) < 4.78 is 32.2.